The summed E-state index contributed by atoms with van der Waals surface area (Å²) in [5.41, 5.74) is 7.19. The number of benzene rings is 1. The van der Waals surface area contributed by atoms with Gasteiger partial charge in [0.2, 0.25) is 0 Å². The van der Waals surface area contributed by atoms with Crippen LogP contribution >= 0.6 is 0 Å². The van der Waals surface area contributed by atoms with E-state index in [0.717, 1.165) is 10.9 Å². The molecule has 0 radical (unpaired) electrons. The largest absolute Gasteiger partial charge is 0.444 e. The molecule has 0 saturated heterocycles. The third-order valence-corrected chi connectivity index (χ3v) is 2.40. The Morgan fingerprint density at radius 2 is 2.05 bits per heavy atom. The van der Waals surface area contributed by atoms with Gasteiger partial charge in [0, 0.05) is 17.3 Å². The first-order valence-electron chi connectivity index (χ1n) is 5.99. The smallest absolute Gasteiger partial charge is 0.412 e. The number of carbonyl (C=O) groups is 1. The van der Waals surface area contributed by atoms with Crippen LogP contribution in [0.3, 0.4) is 0 Å². The Labute approximate surface area is 111 Å². The van der Waals surface area contributed by atoms with Gasteiger partial charge in [-0.05, 0) is 45.0 Å². The van der Waals surface area contributed by atoms with E-state index in [0.29, 0.717) is 11.4 Å². The minimum Gasteiger partial charge on any atom is -0.444 e. The van der Waals surface area contributed by atoms with Crippen molar-refractivity contribution in [2.24, 2.45) is 0 Å². The summed E-state index contributed by atoms with van der Waals surface area (Å²) >= 11 is 0. The summed E-state index contributed by atoms with van der Waals surface area (Å²) in [7, 11) is 0. The number of nitrogens with zero attached hydrogens (tertiary/aromatic N) is 1. The van der Waals surface area contributed by atoms with Crippen LogP contribution in [0.4, 0.5) is 16.2 Å². The van der Waals surface area contributed by atoms with Crippen molar-refractivity contribution in [2.45, 2.75) is 26.4 Å². The molecule has 2 aromatic rings. The molecule has 0 unspecified atom stereocenters. The fourth-order valence-electron chi connectivity index (χ4n) is 1.69. The number of ether oxygens (including phenoxy) is 1. The van der Waals surface area contributed by atoms with E-state index in [4.69, 9.17) is 10.5 Å². The van der Waals surface area contributed by atoms with Crippen LogP contribution in [-0.2, 0) is 4.74 Å². The Morgan fingerprint density at radius 3 is 2.74 bits per heavy atom. The standard InChI is InChI=1S/C14H17N3O2/c1-14(2,3)19-13(18)17-11-6-7-16-12-8-9(15)4-5-10(11)12/h4-8H,15H2,1-3H3,(H,16,17,18). The van der Waals surface area contributed by atoms with E-state index >= 15 is 0 Å². The van der Waals surface area contributed by atoms with Gasteiger partial charge in [-0.25, -0.2) is 4.79 Å². The summed E-state index contributed by atoms with van der Waals surface area (Å²) in [5.74, 6) is 0. The molecule has 5 heteroatoms. The maximum Gasteiger partial charge on any atom is 0.412 e. The molecule has 0 aliphatic rings. The van der Waals surface area contributed by atoms with Gasteiger partial charge in [-0.3, -0.25) is 10.3 Å². The second-order valence-corrected chi connectivity index (χ2v) is 5.26. The number of aromatic nitrogens is 1. The van der Waals surface area contributed by atoms with Crippen LogP contribution < -0.4 is 11.1 Å². The van der Waals surface area contributed by atoms with Crippen LogP contribution in [0.25, 0.3) is 10.9 Å². The first-order chi connectivity index (χ1) is 8.85. The number of rotatable bonds is 1. The molecule has 0 atom stereocenters. The van der Waals surface area contributed by atoms with Gasteiger partial charge in [-0.2, -0.15) is 0 Å². The summed E-state index contributed by atoms with van der Waals surface area (Å²) in [5, 5.41) is 3.54. The number of nitrogen functional groups attached to an aromatic ring is 1. The molecule has 0 spiro atoms. The average molecular weight is 259 g/mol. The van der Waals surface area contributed by atoms with Crippen LogP contribution in [-0.4, -0.2) is 16.7 Å². The minimum atomic E-state index is -0.530. The van der Waals surface area contributed by atoms with Crippen LogP contribution in [0.5, 0.6) is 0 Å². The number of hydrogen-bond donors (Lipinski definition) is 2. The van der Waals surface area contributed by atoms with Crippen molar-refractivity contribution in [1.82, 2.24) is 4.98 Å². The van der Waals surface area contributed by atoms with Crippen molar-refractivity contribution < 1.29 is 9.53 Å². The Morgan fingerprint density at radius 1 is 1.32 bits per heavy atom. The number of nitrogens with one attached hydrogen (secondary N) is 1. The predicted molar refractivity (Wildman–Crippen MR) is 76.0 cm³/mol. The first-order valence-corrected chi connectivity index (χ1v) is 5.99. The van der Waals surface area contributed by atoms with Crippen molar-refractivity contribution >= 4 is 28.4 Å². The van der Waals surface area contributed by atoms with Gasteiger partial charge in [-0.1, -0.05) is 0 Å². The highest BCUT2D eigenvalue weighted by atomic mass is 16.6. The van der Waals surface area contributed by atoms with E-state index in [-0.39, 0.29) is 0 Å². The lowest BCUT2D eigenvalue weighted by Crippen LogP contribution is -2.27. The van der Waals surface area contributed by atoms with Gasteiger partial charge in [0.05, 0.1) is 11.2 Å². The number of anilines is 2. The minimum absolute atomic E-state index is 0.489. The van der Waals surface area contributed by atoms with Crippen molar-refractivity contribution in [3.05, 3.63) is 30.5 Å². The Bertz CT molecular complexity index is 618. The number of fused-ring (bicyclic) bond motifs is 1. The van der Waals surface area contributed by atoms with E-state index in [9.17, 15) is 4.79 Å². The lowest BCUT2D eigenvalue weighted by Gasteiger charge is -2.20. The molecule has 1 aromatic heterocycles. The molecular weight excluding hydrogens is 242 g/mol. The quantitative estimate of drug-likeness (QED) is 0.771. The molecule has 1 aromatic carbocycles. The maximum atomic E-state index is 11.8. The molecule has 3 N–H and O–H groups in total. The Hall–Kier alpha value is -2.30. The van der Waals surface area contributed by atoms with Gasteiger partial charge < -0.3 is 10.5 Å². The third kappa shape index (κ3) is 3.34. The summed E-state index contributed by atoms with van der Waals surface area (Å²) < 4.78 is 5.22. The van der Waals surface area contributed by atoms with E-state index < -0.39 is 11.7 Å². The number of nitrogens with two attached hydrogens (primary N) is 1. The van der Waals surface area contributed by atoms with Gasteiger partial charge in [-0.15, -0.1) is 0 Å². The zero-order chi connectivity index (χ0) is 14.0. The van der Waals surface area contributed by atoms with Crippen LogP contribution in [0.15, 0.2) is 30.5 Å². The van der Waals surface area contributed by atoms with Gasteiger partial charge in [0.25, 0.3) is 0 Å². The number of amides is 1. The van der Waals surface area contributed by atoms with Crippen molar-refractivity contribution in [3.63, 3.8) is 0 Å². The molecule has 0 aliphatic carbocycles. The second kappa shape index (κ2) is 4.76. The molecule has 0 saturated carbocycles. The van der Waals surface area contributed by atoms with Crippen molar-refractivity contribution in [3.8, 4) is 0 Å². The van der Waals surface area contributed by atoms with Crippen molar-refractivity contribution in [1.29, 1.82) is 0 Å². The van der Waals surface area contributed by atoms with E-state index in [2.05, 4.69) is 10.3 Å². The highest BCUT2D eigenvalue weighted by Gasteiger charge is 2.16. The third-order valence-electron chi connectivity index (χ3n) is 2.40. The molecule has 0 bridgehead atoms. The highest BCUT2D eigenvalue weighted by molar-refractivity contribution is 5.99. The molecule has 0 aliphatic heterocycles. The van der Waals surface area contributed by atoms with E-state index in [1.54, 1.807) is 24.4 Å². The first kappa shape index (κ1) is 13.1. The number of hydrogen-bond acceptors (Lipinski definition) is 4. The van der Waals surface area contributed by atoms with Crippen LogP contribution in [0.2, 0.25) is 0 Å². The molecule has 1 heterocycles. The predicted octanol–water partition coefficient (Wildman–Crippen LogP) is 3.16. The highest BCUT2D eigenvalue weighted by Crippen LogP contribution is 2.23. The summed E-state index contributed by atoms with van der Waals surface area (Å²) in [4.78, 5) is 16.0. The van der Waals surface area contributed by atoms with Gasteiger partial charge in [0.1, 0.15) is 5.60 Å². The fraction of sp³-hybridized carbons (Fsp3) is 0.286. The second-order valence-electron chi connectivity index (χ2n) is 5.26. The average Bonchev–Trinajstić information content (AvgIpc) is 2.26. The molecule has 0 fully saturated rings. The van der Waals surface area contributed by atoms with E-state index in [1.165, 1.54) is 0 Å². The monoisotopic (exact) mass is 259 g/mol. The van der Waals surface area contributed by atoms with E-state index in [1.807, 2.05) is 26.8 Å². The lowest BCUT2D eigenvalue weighted by molar-refractivity contribution is 0.0636. The molecule has 1 amide bonds. The maximum absolute atomic E-state index is 11.8. The fourth-order valence-corrected chi connectivity index (χ4v) is 1.69. The zero-order valence-corrected chi connectivity index (χ0v) is 11.2. The number of pyridine rings is 1. The number of carbonyl (C=O) groups excluding carboxylic acids is 1. The Kier molecular flexibility index (Phi) is 3.29. The summed E-state index contributed by atoms with van der Waals surface area (Å²) in [6, 6.07) is 7.08. The normalized spacial score (nSPS) is 11.3. The molecule has 19 heavy (non-hydrogen) atoms. The van der Waals surface area contributed by atoms with Crippen LogP contribution in [0.1, 0.15) is 20.8 Å². The van der Waals surface area contributed by atoms with Crippen LogP contribution in [0, 0.1) is 0 Å². The topological polar surface area (TPSA) is 77.2 Å². The summed E-state index contributed by atoms with van der Waals surface area (Å²) in [6.45, 7) is 5.45. The molecular formula is C14H17N3O2. The van der Waals surface area contributed by atoms with Gasteiger partial charge >= 0.3 is 6.09 Å². The molecule has 2 rings (SSSR count). The SMILES string of the molecule is CC(C)(C)OC(=O)Nc1ccnc2cc(N)ccc12. The summed E-state index contributed by atoms with van der Waals surface area (Å²) in [6.07, 6.45) is 1.13. The van der Waals surface area contributed by atoms with Gasteiger partial charge in [0.15, 0.2) is 0 Å². The van der Waals surface area contributed by atoms with Crippen molar-refractivity contribution in [2.75, 3.05) is 11.1 Å². The zero-order valence-electron chi connectivity index (χ0n) is 11.2. The lowest BCUT2D eigenvalue weighted by atomic mass is 10.1. The Balaban J connectivity index is 2.28. The molecule has 100 valence electrons. The molecule has 5 nitrogen and oxygen atoms in total.